The molecule has 110 valence electrons. The van der Waals surface area contributed by atoms with Gasteiger partial charge >= 0.3 is 0 Å². The molecule has 0 fully saturated rings. The van der Waals surface area contributed by atoms with Crippen molar-refractivity contribution in [3.05, 3.63) is 57.9 Å². The average Bonchev–Trinajstić information content (AvgIpc) is 2.95. The smallest absolute Gasteiger partial charge is 0.282 e. The lowest BCUT2D eigenvalue weighted by molar-refractivity contribution is -0.385. The number of rotatable bonds is 5. The van der Waals surface area contributed by atoms with Crippen molar-refractivity contribution in [3.8, 4) is 0 Å². The van der Waals surface area contributed by atoms with Crippen molar-refractivity contribution in [1.82, 2.24) is 15.1 Å². The third-order valence-electron chi connectivity index (χ3n) is 3.19. The lowest BCUT2D eigenvalue weighted by atomic mass is 10.1. The Kier molecular flexibility index (Phi) is 4.32. The van der Waals surface area contributed by atoms with E-state index >= 15 is 0 Å². The minimum Gasteiger partial charge on any atom is -0.344 e. The molecule has 0 radical (unpaired) electrons. The zero-order chi connectivity index (χ0) is 15.4. The molecule has 2 aromatic rings. The first-order valence-corrected chi connectivity index (χ1v) is 6.60. The van der Waals surface area contributed by atoms with Gasteiger partial charge < -0.3 is 5.32 Å². The Morgan fingerprint density at radius 1 is 1.43 bits per heavy atom. The minimum absolute atomic E-state index is 0.0527. The summed E-state index contributed by atoms with van der Waals surface area (Å²) in [6, 6.07) is 7.41. The predicted molar refractivity (Wildman–Crippen MR) is 76.9 cm³/mol. The SMILES string of the molecule is CCn1nccc1C(C)NC(=O)c1ccccc1[N+](=O)[O-]. The molecule has 7 heteroatoms. The van der Waals surface area contributed by atoms with Crippen LogP contribution in [0.4, 0.5) is 5.69 Å². The summed E-state index contributed by atoms with van der Waals surface area (Å²) >= 11 is 0. The Labute approximate surface area is 121 Å². The number of aromatic nitrogens is 2. The molecular weight excluding hydrogens is 272 g/mol. The van der Waals surface area contributed by atoms with E-state index in [0.717, 1.165) is 5.69 Å². The van der Waals surface area contributed by atoms with E-state index in [9.17, 15) is 14.9 Å². The lowest BCUT2D eigenvalue weighted by Gasteiger charge is -2.15. The van der Waals surface area contributed by atoms with Gasteiger partial charge in [0.15, 0.2) is 0 Å². The molecule has 1 heterocycles. The van der Waals surface area contributed by atoms with Crippen LogP contribution in [-0.2, 0) is 6.54 Å². The molecule has 0 aliphatic carbocycles. The number of hydrogen-bond donors (Lipinski definition) is 1. The summed E-state index contributed by atoms with van der Waals surface area (Å²) in [5.41, 5.74) is 0.701. The summed E-state index contributed by atoms with van der Waals surface area (Å²) in [5, 5.41) is 17.9. The molecule has 1 atom stereocenters. The number of nitro groups is 1. The maximum atomic E-state index is 12.2. The van der Waals surface area contributed by atoms with Crippen LogP contribution in [0.5, 0.6) is 0 Å². The largest absolute Gasteiger partial charge is 0.344 e. The van der Waals surface area contributed by atoms with Gasteiger partial charge in [-0.2, -0.15) is 5.10 Å². The first kappa shape index (κ1) is 14.7. The van der Waals surface area contributed by atoms with Crippen molar-refractivity contribution in [1.29, 1.82) is 0 Å². The van der Waals surface area contributed by atoms with Crippen LogP contribution in [0.25, 0.3) is 0 Å². The monoisotopic (exact) mass is 288 g/mol. The Hall–Kier alpha value is -2.70. The molecule has 0 bridgehead atoms. The van der Waals surface area contributed by atoms with Gasteiger partial charge in [0.25, 0.3) is 11.6 Å². The molecular formula is C14H16N4O3. The minimum atomic E-state index is -0.560. The Balaban J connectivity index is 2.21. The molecule has 7 nitrogen and oxygen atoms in total. The molecule has 2 rings (SSSR count). The topological polar surface area (TPSA) is 90.1 Å². The molecule has 0 aliphatic rings. The second-order valence-corrected chi connectivity index (χ2v) is 4.54. The fourth-order valence-corrected chi connectivity index (χ4v) is 2.15. The number of benzene rings is 1. The zero-order valence-electron chi connectivity index (χ0n) is 11.8. The van der Waals surface area contributed by atoms with Gasteiger partial charge in [-0.15, -0.1) is 0 Å². The number of para-hydroxylation sites is 1. The van der Waals surface area contributed by atoms with Gasteiger partial charge in [0.2, 0.25) is 0 Å². The van der Waals surface area contributed by atoms with Crippen LogP contribution in [0.3, 0.4) is 0 Å². The highest BCUT2D eigenvalue weighted by molar-refractivity contribution is 5.98. The maximum Gasteiger partial charge on any atom is 0.282 e. The predicted octanol–water partition coefficient (Wildman–Crippen LogP) is 2.30. The Bertz CT molecular complexity index is 666. The summed E-state index contributed by atoms with van der Waals surface area (Å²) in [6.45, 7) is 4.46. The summed E-state index contributed by atoms with van der Waals surface area (Å²) in [5.74, 6) is -0.473. The third kappa shape index (κ3) is 3.07. The number of aryl methyl sites for hydroxylation is 1. The first-order valence-electron chi connectivity index (χ1n) is 6.60. The second-order valence-electron chi connectivity index (χ2n) is 4.54. The lowest BCUT2D eigenvalue weighted by Crippen LogP contribution is -2.28. The quantitative estimate of drug-likeness (QED) is 0.675. The summed E-state index contributed by atoms with van der Waals surface area (Å²) in [4.78, 5) is 22.6. The van der Waals surface area contributed by atoms with Gasteiger partial charge in [-0.3, -0.25) is 19.6 Å². The summed E-state index contributed by atoms with van der Waals surface area (Å²) < 4.78 is 1.77. The fraction of sp³-hybridized carbons (Fsp3) is 0.286. The number of amides is 1. The molecule has 1 aromatic carbocycles. The zero-order valence-corrected chi connectivity index (χ0v) is 11.8. The fourth-order valence-electron chi connectivity index (χ4n) is 2.15. The van der Waals surface area contributed by atoms with Crippen LogP contribution in [0.15, 0.2) is 36.5 Å². The van der Waals surface area contributed by atoms with Crippen molar-refractivity contribution in [2.24, 2.45) is 0 Å². The van der Waals surface area contributed by atoms with E-state index in [1.807, 2.05) is 19.9 Å². The number of hydrogen-bond acceptors (Lipinski definition) is 4. The number of nitrogens with zero attached hydrogens (tertiary/aromatic N) is 3. The summed E-state index contributed by atoms with van der Waals surface area (Å²) in [6.07, 6.45) is 1.66. The molecule has 21 heavy (non-hydrogen) atoms. The molecule has 1 aromatic heterocycles. The normalized spacial score (nSPS) is 11.9. The molecule has 1 N–H and O–H groups in total. The van der Waals surface area contributed by atoms with Gasteiger partial charge in [0.1, 0.15) is 5.56 Å². The molecule has 1 unspecified atom stereocenters. The van der Waals surface area contributed by atoms with Crippen LogP contribution in [0, 0.1) is 10.1 Å². The number of carbonyl (C=O) groups excluding carboxylic acids is 1. The van der Waals surface area contributed by atoms with Crippen molar-refractivity contribution < 1.29 is 9.72 Å². The van der Waals surface area contributed by atoms with E-state index in [2.05, 4.69) is 10.4 Å². The van der Waals surface area contributed by atoms with Crippen molar-refractivity contribution in [3.63, 3.8) is 0 Å². The van der Waals surface area contributed by atoms with Gasteiger partial charge in [-0.25, -0.2) is 0 Å². The van der Waals surface area contributed by atoms with Crippen LogP contribution in [-0.4, -0.2) is 20.6 Å². The van der Waals surface area contributed by atoms with E-state index in [0.29, 0.717) is 6.54 Å². The van der Waals surface area contributed by atoms with Crippen LogP contribution in [0.1, 0.15) is 35.9 Å². The van der Waals surface area contributed by atoms with Crippen LogP contribution < -0.4 is 5.32 Å². The van der Waals surface area contributed by atoms with Crippen molar-refractivity contribution >= 4 is 11.6 Å². The van der Waals surface area contributed by atoms with E-state index in [1.54, 1.807) is 16.9 Å². The van der Waals surface area contributed by atoms with Gasteiger partial charge in [-0.1, -0.05) is 12.1 Å². The highest BCUT2D eigenvalue weighted by Crippen LogP contribution is 2.19. The summed E-state index contributed by atoms with van der Waals surface area (Å²) in [7, 11) is 0. The van der Waals surface area contributed by atoms with Crippen molar-refractivity contribution in [2.75, 3.05) is 0 Å². The first-order chi connectivity index (χ1) is 10.0. The molecule has 0 saturated heterocycles. The van der Waals surface area contributed by atoms with Gasteiger partial charge in [-0.05, 0) is 26.0 Å². The van der Waals surface area contributed by atoms with E-state index in [4.69, 9.17) is 0 Å². The molecule has 0 spiro atoms. The number of nitrogens with one attached hydrogen (secondary N) is 1. The highest BCUT2D eigenvalue weighted by atomic mass is 16.6. The maximum absolute atomic E-state index is 12.2. The van der Waals surface area contributed by atoms with Crippen molar-refractivity contribution in [2.45, 2.75) is 26.4 Å². The number of carbonyl (C=O) groups is 1. The second kappa shape index (κ2) is 6.17. The third-order valence-corrected chi connectivity index (χ3v) is 3.19. The van der Waals surface area contributed by atoms with E-state index in [-0.39, 0.29) is 17.3 Å². The average molecular weight is 288 g/mol. The van der Waals surface area contributed by atoms with Gasteiger partial charge in [0, 0.05) is 18.8 Å². The molecule has 0 aliphatic heterocycles. The van der Waals surface area contributed by atoms with Gasteiger partial charge in [0.05, 0.1) is 16.7 Å². The Morgan fingerprint density at radius 2 is 2.14 bits per heavy atom. The molecule has 1 amide bonds. The van der Waals surface area contributed by atoms with E-state index in [1.165, 1.54) is 18.2 Å². The van der Waals surface area contributed by atoms with E-state index < -0.39 is 10.8 Å². The van der Waals surface area contributed by atoms with Crippen LogP contribution in [0.2, 0.25) is 0 Å². The standard InChI is InChI=1S/C14H16N4O3/c1-3-17-12(8-9-15-17)10(2)16-14(19)11-6-4-5-7-13(11)18(20)21/h4-10H,3H2,1-2H3,(H,16,19). The Morgan fingerprint density at radius 3 is 2.81 bits per heavy atom. The molecule has 0 saturated carbocycles. The highest BCUT2D eigenvalue weighted by Gasteiger charge is 2.21. The number of nitro benzene ring substituents is 1. The van der Waals surface area contributed by atoms with Crippen LogP contribution >= 0.6 is 0 Å².